The molecule has 0 amide bonds. The summed E-state index contributed by atoms with van der Waals surface area (Å²) in [6.07, 6.45) is -0.136. The zero-order valence-electron chi connectivity index (χ0n) is 11.5. The van der Waals surface area contributed by atoms with Crippen molar-refractivity contribution >= 4 is 15.7 Å². The highest BCUT2D eigenvalue weighted by molar-refractivity contribution is 7.89. The standard InChI is InChI=1S/C13H20N2O3S/c1-10-8-15(9-13(2,3)18-10)19(16,17)12-7-5-4-6-11(12)14/h4-7,10H,8-9,14H2,1-3H3. The summed E-state index contributed by atoms with van der Waals surface area (Å²) in [7, 11) is -3.57. The molecule has 1 heterocycles. The molecular formula is C13H20N2O3S. The van der Waals surface area contributed by atoms with Gasteiger partial charge in [0, 0.05) is 13.1 Å². The molecule has 19 heavy (non-hydrogen) atoms. The molecule has 1 aromatic carbocycles. The van der Waals surface area contributed by atoms with E-state index in [0.29, 0.717) is 13.1 Å². The number of nitrogen functional groups attached to an aromatic ring is 1. The van der Waals surface area contributed by atoms with Gasteiger partial charge in [0.2, 0.25) is 10.0 Å². The Balaban J connectivity index is 2.38. The van der Waals surface area contributed by atoms with Gasteiger partial charge in [-0.25, -0.2) is 8.42 Å². The zero-order valence-corrected chi connectivity index (χ0v) is 12.3. The minimum absolute atomic E-state index is 0.136. The highest BCUT2D eigenvalue weighted by Gasteiger charge is 2.38. The van der Waals surface area contributed by atoms with Crippen LogP contribution in [0.4, 0.5) is 5.69 Å². The molecule has 0 spiro atoms. The van der Waals surface area contributed by atoms with Crippen LogP contribution in [0.5, 0.6) is 0 Å². The average molecular weight is 284 g/mol. The van der Waals surface area contributed by atoms with Gasteiger partial charge in [-0.3, -0.25) is 0 Å². The van der Waals surface area contributed by atoms with Crippen molar-refractivity contribution in [3.63, 3.8) is 0 Å². The summed E-state index contributed by atoms with van der Waals surface area (Å²) >= 11 is 0. The fourth-order valence-electron chi connectivity index (χ4n) is 2.43. The quantitative estimate of drug-likeness (QED) is 0.834. The third-order valence-corrected chi connectivity index (χ3v) is 4.96. The number of sulfonamides is 1. The molecule has 0 bridgehead atoms. The number of rotatable bonds is 2. The average Bonchev–Trinajstić information content (AvgIpc) is 2.26. The molecule has 1 atom stereocenters. The molecule has 2 rings (SSSR count). The Kier molecular flexibility index (Phi) is 3.59. The first-order valence-electron chi connectivity index (χ1n) is 6.25. The Morgan fingerprint density at radius 1 is 1.37 bits per heavy atom. The Morgan fingerprint density at radius 3 is 2.58 bits per heavy atom. The molecule has 1 aromatic rings. The highest BCUT2D eigenvalue weighted by Crippen LogP contribution is 2.28. The summed E-state index contributed by atoms with van der Waals surface area (Å²) < 4.78 is 32.4. The van der Waals surface area contributed by atoms with Gasteiger partial charge in [0.25, 0.3) is 0 Å². The van der Waals surface area contributed by atoms with Gasteiger partial charge in [-0.05, 0) is 32.9 Å². The molecule has 5 nitrogen and oxygen atoms in total. The van der Waals surface area contributed by atoms with Gasteiger partial charge in [0.1, 0.15) is 4.90 Å². The van der Waals surface area contributed by atoms with Gasteiger partial charge in [-0.1, -0.05) is 12.1 Å². The van der Waals surface area contributed by atoms with E-state index in [4.69, 9.17) is 10.5 Å². The van der Waals surface area contributed by atoms with Crippen LogP contribution < -0.4 is 5.73 Å². The van der Waals surface area contributed by atoms with Crippen LogP contribution in [0.2, 0.25) is 0 Å². The third-order valence-electron chi connectivity index (χ3n) is 3.07. The molecule has 0 aliphatic carbocycles. The molecule has 1 saturated heterocycles. The largest absolute Gasteiger partial charge is 0.398 e. The van der Waals surface area contributed by atoms with Crippen molar-refractivity contribution in [3.05, 3.63) is 24.3 Å². The van der Waals surface area contributed by atoms with E-state index in [1.54, 1.807) is 18.2 Å². The Morgan fingerprint density at radius 2 is 2.00 bits per heavy atom. The Bertz CT molecular complexity index is 569. The molecule has 0 saturated carbocycles. The number of ether oxygens (including phenoxy) is 1. The van der Waals surface area contributed by atoms with Crippen molar-refractivity contribution in [3.8, 4) is 0 Å². The number of nitrogens with two attached hydrogens (primary N) is 1. The van der Waals surface area contributed by atoms with Crippen LogP contribution in [0.25, 0.3) is 0 Å². The van der Waals surface area contributed by atoms with Crippen molar-refractivity contribution in [1.29, 1.82) is 0 Å². The molecule has 1 unspecified atom stereocenters. The van der Waals surface area contributed by atoms with Crippen molar-refractivity contribution in [2.24, 2.45) is 0 Å². The zero-order chi connectivity index (χ0) is 14.3. The minimum atomic E-state index is -3.57. The topological polar surface area (TPSA) is 72.6 Å². The first-order chi connectivity index (χ1) is 8.72. The van der Waals surface area contributed by atoms with Gasteiger partial charge in [-0.2, -0.15) is 4.31 Å². The van der Waals surface area contributed by atoms with Crippen LogP contribution in [0.1, 0.15) is 20.8 Å². The first-order valence-corrected chi connectivity index (χ1v) is 7.69. The van der Waals surface area contributed by atoms with Gasteiger partial charge in [-0.15, -0.1) is 0 Å². The smallest absolute Gasteiger partial charge is 0.245 e. The molecule has 1 fully saturated rings. The lowest BCUT2D eigenvalue weighted by Crippen LogP contribution is -2.53. The van der Waals surface area contributed by atoms with E-state index >= 15 is 0 Å². The number of morpholine rings is 1. The summed E-state index contributed by atoms with van der Waals surface area (Å²) in [5.74, 6) is 0. The number of para-hydroxylation sites is 1. The molecule has 1 aliphatic heterocycles. The van der Waals surface area contributed by atoms with E-state index < -0.39 is 15.6 Å². The van der Waals surface area contributed by atoms with Crippen LogP contribution >= 0.6 is 0 Å². The van der Waals surface area contributed by atoms with E-state index in [1.165, 1.54) is 10.4 Å². The summed E-state index contributed by atoms with van der Waals surface area (Å²) in [6, 6.07) is 6.54. The molecule has 6 heteroatoms. The van der Waals surface area contributed by atoms with Crippen LogP contribution in [0.3, 0.4) is 0 Å². The Labute approximate surface area is 114 Å². The van der Waals surface area contributed by atoms with Crippen LogP contribution in [-0.2, 0) is 14.8 Å². The molecular weight excluding hydrogens is 264 g/mol. The van der Waals surface area contributed by atoms with E-state index in [9.17, 15) is 8.42 Å². The second-order valence-corrected chi connectivity index (χ2v) is 7.43. The fourth-order valence-corrected chi connectivity index (χ4v) is 4.21. The highest BCUT2D eigenvalue weighted by atomic mass is 32.2. The predicted octanol–water partition coefficient (Wildman–Crippen LogP) is 1.46. The number of hydrogen-bond donors (Lipinski definition) is 1. The first kappa shape index (κ1) is 14.3. The fraction of sp³-hybridized carbons (Fsp3) is 0.538. The van der Waals surface area contributed by atoms with Gasteiger partial charge >= 0.3 is 0 Å². The number of anilines is 1. The van der Waals surface area contributed by atoms with Crippen molar-refractivity contribution < 1.29 is 13.2 Å². The monoisotopic (exact) mass is 284 g/mol. The van der Waals surface area contributed by atoms with Gasteiger partial charge < -0.3 is 10.5 Å². The van der Waals surface area contributed by atoms with Crippen LogP contribution in [-0.4, -0.2) is 37.5 Å². The van der Waals surface area contributed by atoms with E-state index in [-0.39, 0.29) is 16.7 Å². The SMILES string of the molecule is CC1CN(S(=O)(=O)c2ccccc2N)CC(C)(C)O1. The van der Waals surface area contributed by atoms with Gasteiger partial charge in [0.15, 0.2) is 0 Å². The molecule has 106 valence electrons. The summed E-state index contributed by atoms with van der Waals surface area (Å²) in [4.78, 5) is 0.167. The summed E-state index contributed by atoms with van der Waals surface area (Å²) in [5, 5.41) is 0. The second-order valence-electron chi connectivity index (χ2n) is 5.52. The minimum Gasteiger partial charge on any atom is -0.398 e. The lowest BCUT2D eigenvalue weighted by Gasteiger charge is -2.40. The van der Waals surface area contributed by atoms with Crippen LogP contribution in [0.15, 0.2) is 29.2 Å². The lowest BCUT2D eigenvalue weighted by atomic mass is 10.1. The third kappa shape index (κ3) is 2.91. The second kappa shape index (κ2) is 4.77. The number of nitrogens with zero attached hydrogens (tertiary/aromatic N) is 1. The number of benzene rings is 1. The maximum Gasteiger partial charge on any atom is 0.245 e. The van der Waals surface area contributed by atoms with Crippen LogP contribution in [0, 0.1) is 0 Å². The normalized spacial score (nSPS) is 24.3. The molecule has 1 aliphatic rings. The van der Waals surface area contributed by atoms with E-state index in [2.05, 4.69) is 0 Å². The molecule has 0 radical (unpaired) electrons. The maximum atomic E-state index is 12.6. The van der Waals surface area contributed by atoms with Crippen molar-refractivity contribution in [2.45, 2.75) is 37.4 Å². The van der Waals surface area contributed by atoms with Crippen molar-refractivity contribution in [2.75, 3.05) is 18.8 Å². The number of hydrogen-bond acceptors (Lipinski definition) is 4. The van der Waals surface area contributed by atoms with Crippen molar-refractivity contribution in [1.82, 2.24) is 4.31 Å². The lowest BCUT2D eigenvalue weighted by molar-refractivity contribution is -0.109. The Hall–Kier alpha value is -1.11. The summed E-state index contributed by atoms with van der Waals surface area (Å²) in [5.41, 5.74) is 5.56. The predicted molar refractivity (Wildman–Crippen MR) is 74.2 cm³/mol. The molecule has 0 aromatic heterocycles. The van der Waals surface area contributed by atoms with E-state index in [0.717, 1.165) is 0 Å². The maximum absolute atomic E-state index is 12.6. The summed E-state index contributed by atoms with van der Waals surface area (Å²) in [6.45, 7) is 6.32. The van der Waals surface area contributed by atoms with E-state index in [1.807, 2.05) is 20.8 Å². The van der Waals surface area contributed by atoms with Gasteiger partial charge in [0.05, 0.1) is 17.4 Å². The molecule has 2 N–H and O–H groups in total.